The zero-order valence-electron chi connectivity index (χ0n) is 13.3. The summed E-state index contributed by atoms with van der Waals surface area (Å²) in [6, 6.07) is 9.39. The molecule has 2 aliphatic carbocycles. The van der Waals surface area contributed by atoms with Crippen molar-refractivity contribution in [1.29, 1.82) is 0 Å². The Morgan fingerprint density at radius 1 is 1.10 bits per heavy atom. The summed E-state index contributed by atoms with van der Waals surface area (Å²) in [5, 5.41) is 3.82. The van der Waals surface area contributed by atoms with Crippen molar-refractivity contribution in [2.75, 3.05) is 6.54 Å². The van der Waals surface area contributed by atoms with Crippen LogP contribution in [0.3, 0.4) is 0 Å². The Hall–Kier alpha value is -0.860. The third kappa shape index (κ3) is 2.43. The Labute approximate surface area is 128 Å². The number of nitrogens with one attached hydrogen (secondary N) is 1. The number of aryl methyl sites for hydroxylation is 1. The summed E-state index contributed by atoms with van der Waals surface area (Å²) in [5.41, 5.74) is 3.51. The summed E-state index contributed by atoms with van der Waals surface area (Å²) in [6.45, 7) is 5.84. The van der Waals surface area contributed by atoms with Gasteiger partial charge in [-0.1, -0.05) is 38.1 Å². The number of benzene rings is 1. The third-order valence-electron chi connectivity index (χ3n) is 6.03. The van der Waals surface area contributed by atoms with Crippen molar-refractivity contribution in [1.82, 2.24) is 5.32 Å². The molecule has 1 aromatic carbocycles. The quantitative estimate of drug-likeness (QED) is 0.778. The fourth-order valence-corrected chi connectivity index (χ4v) is 4.38. The SMILES string of the molecule is CC1(C)CCC2(CC1)CNC1CCc3ccccc3C1O2. The first-order chi connectivity index (χ1) is 10.1. The maximum absolute atomic E-state index is 6.78. The normalized spacial score (nSPS) is 33.2. The number of hydrogen-bond acceptors (Lipinski definition) is 2. The highest BCUT2D eigenvalue weighted by Crippen LogP contribution is 2.47. The minimum atomic E-state index is 0.0845. The minimum absolute atomic E-state index is 0.0845. The lowest BCUT2D eigenvalue weighted by atomic mass is 9.69. The van der Waals surface area contributed by atoms with Gasteiger partial charge in [-0.2, -0.15) is 0 Å². The Morgan fingerprint density at radius 3 is 2.67 bits per heavy atom. The third-order valence-corrected chi connectivity index (χ3v) is 6.03. The molecule has 2 nitrogen and oxygen atoms in total. The van der Waals surface area contributed by atoms with Gasteiger partial charge in [-0.05, 0) is 55.1 Å². The maximum Gasteiger partial charge on any atom is 0.0988 e. The second kappa shape index (κ2) is 4.82. The van der Waals surface area contributed by atoms with E-state index in [1.807, 2.05) is 0 Å². The predicted molar refractivity (Wildman–Crippen MR) is 85.4 cm³/mol. The largest absolute Gasteiger partial charge is 0.364 e. The first-order valence-corrected chi connectivity index (χ1v) is 8.56. The summed E-state index contributed by atoms with van der Waals surface area (Å²) >= 11 is 0. The smallest absolute Gasteiger partial charge is 0.0988 e. The van der Waals surface area contributed by atoms with Crippen molar-refractivity contribution in [2.24, 2.45) is 5.41 Å². The van der Waals surface area contributed by atoms with E-state index in [1.54, 1.807) is 0 Å². The molecule has 2 heteroatoms. The summed E-state index contributed by atoms with van der Waals surface area (Å²) in [7, 11) is 0. The molecular formula is C19H27NO. The van der Waals surface area contributed by atoms with Crippen LogP contribution in [0, 0.1) is 5.41 Å². The zero-order valence-corrected chi connectivity index (χ0v) is 13.3. The van der Waals surface area contributed by atoms with Crippen molar-refractivity contribution in [3.8, 4) is 0 Å². The average molecular weight is 285 g/mol. The Bertz CT molecular complexity index is 526. The lowest BCUT2D eigenvalue weighted by Crippen LogP contribution is -2.58. The molecule has 0 amide bonds. The van der Waals surface area contributed by atoms with Crippen LogP contribution in [0.25, 0.3) is 0 Å². The number of fused-ring (bicyclic) bond motifs is 3. The van der Waals surface area contributed by atoms with E-state index in [9.17, 15) is 0 Å². The summed E-state index contributed by atoms with van der Waals surface area (Å²) < 4.78 is 6.78. The van der Waals surface area contributed by atoms with Gasteiger partial charge < -0.3 is 10.1 Å². The van der Waals surface area contributed by atoms with Gasteiger partial charge in [-0.25, -0.2) is 0 Å². The Kier molecular flexibility index (Phi) is 3.16. The molecular weight excluding hydrogens is 258 g/mol. The molecule has 2 unspecified atom stereocenters. The molecule has 4 rings (SSSR count). The zero-order chi connectivity index (χ0) is 14.5. The van der Waals surface area contributed by atoms with E-state index >= 15 is 0 Å². The molecule has 1 aliphatic heterocycles. The molecule has 3 aliphatic rings. The lowest BCUT2D eigenvalue weighted by molar-refractivity contribution is -0.166. The number of morpholine rings is 1. The number of rotatable bonds is 0. The van der Waals surface area contributed by atoms with Crippen LogP contribution >= 0.6 is 0 Å². The second-order valence-electron chi connectivity index (χ2n) is 8.11. The molecule has 1 saturated heterocycles. The molecule has 1 N–H and O–H groups in total. The topological polar surface area (TPSA) is 21.3 Å². The minimum Gasteiger partial charge on any atom is -0.364 e. The highest BCUT2D eigenvalue weighted by Gasteiger charge is 2.46. The van der Waals surface area contributed by atoms with Crippen LogP contribution < -0.4 is 5.32 Å². The molecule has 114 valence electrons. The van der Waals surface area contributed by atoms with Gasteiger partial charge in [0.25, 0.3) is 0 Å². The van der Waals surface area contributed by atoms with Gasteiger partial charge in [0.2, 0.25) is 0 Å². The highest BCUT2D eigenvalue weighted by molar-refractivity contribution is 5.33. The first-order valence-electron chi connectivity index (χ1n) is 8.56. The standard InChI is InChI=1S/C19H27NO/c1-18(2)9-11-19(12-10-18)13-20-16-8-7-14-5-3-4-6-15(14)17(16)21-19/h3-6,16-17,20H,7-13H2,1-2H3. The lowest BCUT2D eigenvalue weighted by Gasteiger charge is -2.51. The van der Waals surface area contributed by atoms with Crippen molar-refractivity contribution in [3.63, 3.8) is 0 Å². The van der Waals surface area contributed by atoms with Crippen molar-refractivity contribution in [3.05, 3.63) is 35.4 Å². The summed E-state index contributed by atoms with van der Waals surface area (Å²) in [6.07, 6.45) is 7.65. The average Bonchev–Trinajstić information content (AvgIpc) is 2.51. The van der Waals surface area contributed by atoms with E-state index in [4.69, 9.17) is 4.74 Å². The fraction of sp³-hybridized carbons (Fsp3) is 0.684. The molecule has 0 radical (unpaired) electrons. The summed E-state index contributed by atoms with van der Waals surface area (Å²) in [4.78, 5) is 0. The fourth-order valence-electron chi connectivity index (χ4n) is 4.38. The van der Waals surface area contributed by atoms with Crippen LogP contribution in [-0.4, -0.2) is 18.2 Å². The van der Waals surface area contributed by atoms with Gasteiger partial charge in [0.1, 0.15) is 0 Å². The first kappa shape index (κ1) is 13.8. The molecule has 2 atom stereocenters. The van der Waals surface area contributed by atoms with Gasteiger partial charge in [0, 0.05) is 12.6 Å². The molecule has 1 aromatic rings. The van der Waals surface area contributed by atoms with Gasteiger partial charge in [-0.15, -0.1) is 0 Å². The Morgan fingerprint density at radius 2 is 1.86 bits per heavy atom. The predicted octanol–water partition coefficient (Wildman–Crippen LogP) is 4.00. The van der Waals surface area contributed by atoms with Crippen LogP contribution in [-0.2, 0) is 11.2 Å². The van der Waals surface area contributed by atoms with E-state index in [0.717, 1.165) is 6.54 Å². The molecule has 1 heterocycles. The van der Waals surface area contributed by atoms with Crippen molar-refractivity contribution < 1.29 is 4.74 Å². The van der Waals surface area contributed by atoms with Crippen LogP contribution in [0.2, 0.25) is 0 Å². The van der Waals surface area contributed by atoms with E-state index in [1.165, 1.54) is 49.7 Å². The maximum atomic E-state index is 6.78. The van der Waals surface area contributed by atoms with Gasteiger partial charge in [0.15, 0.2) is 0 Å². The van der Waals surface area contributed by atoms with Gasteiger partial charge in [-0.3, -0.25) is 0 Å². The van der Waals surface area contributed by atoms with Gasteiger partial charge in [0.05, 0.1) is 11.7 Å². The second-order valence-corrected chi connectivity index (χ2v) is 8.11. The molecule has 1 saturated carbocycles. The molecule has 1 spiro atoms. The van der Waals surface area contributed by atoms with Crippen LogP contribution in [0.4, 0.5) is 0 Å². The number of hydrogen-bond donors (Lipinski definition) is 1. The molecule has 21 heavy (non-hydrogen) atoms. The van der Waals surface area contributed by atoms with E-state index < -0.39 is 0 Å². The van der Waals surface area contributed by atoms with E-state index in [0.29, 0.717) is 11.5 Å². The monoisotopic (exact) mass is 285 g/mol. The van der Waals surface area contributed by atoms with E-state index in [2.05, 4.69) is 43.4 Å². The molecule has 0 aromatic heterocycles. The Balaban J connectivity index is 1.59. The van der Waals surface area contributed by atoms with Crippen LogP contribution in [0.15, 0.2) is 24.3 Å². The van der Waals surface area contributed by atoms with Crippen molar-refractivity contribution >= 4 is 0 Å². The van der Waals surface area contributed by atoms with E-state index in [-0.39, 0.29) is 11.7 Å². The molecule has 2 fully saturated rings. The number of ether oxygens (including phenoxy) is 1. The van der Waals surface area contributed by atoms with Crippen molar-refractivity contribution in [2.45, 2.75) is 70.1 Å². The highest BCUT2D eigenvalue weighted by atomic mass is 16.5. The summed E-state index contributed by atoms with van der Waals surface area (Å²) in [5.74, 6) is 0. The van der Waals surface area contributed by atoms with Crippen LogP contribution in [0.5, 0.6) is 0 Å². The van der Waals surface area contributed by atoms with Crippen LogP contribution in [0.1, 0.15) is 63.2 Å². The van der Waals surface area contributed by atoms with Gasteiger partial charge >= 0.3 is 0 Å². The molecule has 0 bridgehead atoms.